The molecule has 0 saturated heterocycles. The molecule has 28 heavy (non-hydrogen) atoms. The Kier molecular flexibility index (Phi) is 5.80. The number of para-hydroxylation sites is 1. The van der Waals surface area contributed by atoms with E-state index in [0.717, 1.165) is 17.7 Å². The molecule has 0 aliphatic heterocycles. The molecule has 5 nitrogen and oxygen atoms in total. The summed E-state index contributed by atoms with van der Waals surface area (Å²) in [7, 11) is -2.04. The zero-order chi connectivity index (χ0) is 20.1. The molecule has 0 spiro atoms. The highest BCUT2D eigenvalue weighted by Gasteiger charge is 2.17. The monoisotopic (exact) mass is 394 g/mol. The third-order valence-electron chi connectivity index (χ3n) is 4.47. The molecule has 0 fully saturated rings. The van der Waals surface area contributed by atoms with Crippen molar-refractivity contribution in [3.8, 4) is 0 Å². The first kappa shape index (κ1) is 19.6. The average molecular weight is 394 g/mol. The molecule has 1 amide bonds. The van der Waals surface area contributed by atoms with E-state index in [1.165, 1.54) is 29.2 Å². The number of carbonyl (C=O) groups is 1. The van der Waals surface area contributed by atoms with Crippen LogP contribution in [-0.4, -0.2) is 21.4 Å². The van der Waals surface area contributed by atoms with Crippen molar-refractivity contribution < 1.29 is 13.2 Å². The minimum atomic E-state index is -3.72. The zero-order valence-corrected chi connectivity index (χ0v) is 16.6. The molecule has 6 heteroatoms. The number of nitrogens with zero attached hydrogens (tertiary/aromatic N) is 1. The van der Waals surface area contributed by atoms with Crippen LogP contribution in [0.25, 0.3) is 0 Å². The van der Waals surface area contributed by atoms with E-state index >= 15 is 0 Å². The second kappa shape index (κ2) is 8.27. The SMILES string of the molecule is CCc1ccc(NS(=O)(=O)c2ccc(C(=O)N(C)c3ccccc3)cc2)cc1. The van der Waals surface area contributed by atoms with Gasteiger partial charge in [-0.05, 0) is 60.5 Å². The van der Waals surface area contributed by atoms with Crippen LogP contribution in [0.2, 0.25) is 0 Å². The highest BCUT2D eigenvalue weighted by Crippen LogP contribution is 2.19. The van der Waals surface area contributed by atoms with Crippen molar-refractivity contribution in [1.29, 1.82) is 0 Å². The summed E-state index contributed by atoms with van der Waals surface area (Å²) in [4.78, 5) is 14.2. The lowest BCUT2D eigenvalue weighted by Crippen LogP contribution is -2.26. The molecule has 3 aromatic carbocycles. The van der Waals surface area contributed by atoms with Crippen molar-refractivity contribution >= 4 is 27.3 Å². The Labute approximate surface area is 165 Å². The van der Waals surface area contributed by atoms with Crippen molar-refractivity contribution in [3.63, 3.8) is 0 Å². The first-order valence-electron chi connectivity index (χ1n) is 8.95. The van der Waals surface area contributed by atoms with Gasteiger partial charge in [0.05, 0.1) is 4.90 Å². The van der Waals surface area contributed by atoms with E-state index < -0.39 is 10.0 Å². The molecule has 0 aliphatic rings. The van der Waals surface area contributed by atoms with E-state index in [4.69, 9.17) is 0 Å². The molecule has 0 unspecified atom stereocenters. The lowest BCUT2D eigenvalue weighted by molar-refractivity contribution is 0.0993. The summed E-state index contributed by atoms with van der Waals surface area (Å²) < 4.78 is 27.7. The second-order valence-electron chi connectivity index (χ2n) is 6.38. The molecule has 0 atom stereocenters. The van der Waals surface area contributed by atoms with Crippen LogP contribution < -0.4 is 9.62 Å². The molecule has 0 bridgehead atoms. The highest BCUT2D eigenvalue weighted by atomic mass is 32.2. The van der Waals surface area contributed by atoms with E-state index in [0.29, 0.717) is 11.3 Å². The summed E-state index contributed by atoms with van der Waals surface area (Å²) in [6.45, 7) is 2.04. The van der Waals surface area contributed by atoms with E-state index in [-0.39, 0.29) is 10.8 Å². The largest absolute Gasteiger partial charge is 0.311 e. The lowest BCUT2D eigenvalue weighted by atomic mass is 10.2. The summed E-state index contributed by atoms with van der Waals surface area (Å²) in [6, 6.07) is 22.4. The fraction of sp³-hybridized carbons (Fsp3) is 0.136. The molecule has 3 aromatic rings. The van der Waals surface area contributed by atoms with E-state index in [1.54, 1.807) is 19.2 Å². The Morgan fingerprint density at radius 3 is 2.07 bits per heavy atom. The minimum Gasteiger partial charge on any atom is -0.311 e. The van der Waals surface area contributed by atoms with Crippen LogP contribution in [0.1, 0.15) is 22.8 Å². The van der Waals surface area contributed by atoms with Gasteiger partial charge in [0.25, 0.3) is 15.9 Å². The number of sulfonamides is 1. The topological polar surface area (TPSA) is 66.5 Å². The van der Waals surface area contributed by atoms with Crippen LogP contribution in [0.3, 0.4) is 0 Å². The highest BCUT2D eigenvalue weighted by molar-refractivity contribution is 7.92. The number of aryl methyl sites for hydroxylation is 1. The summed E-state index contributed by atoms with van der Waals surface area (Å²) in [5, 5.41) is 0. The molecule has 0 aliphatic carbocycles. The van der Waals surface area contributed by atoms with Crippen LogP contribution in [-0.2, 0) is 16.4 Å². The number of nitrogens with one attached hydrogen (secondary N) is 1. The molecule has 144 valence electrons. The summed E-state index contributed by atoms with van der Waals surface area (Å²) in [5.74, 6) is -0.210. The fourth-order valence-electron chi connectivity index (χ4n) is 2.76. The summed E-state index contributed by atoms with van der Waals surface area (Å²) in [6.07, 6.45) is 0.889. The van der Waals surface area contributed by atoms with Crippen LogP contribution in [0, 0.1) is 0 Å². The van der Waals surface area contributed by atoms with Gasteiger partial charge in [0.2, 0.25) is 0 Å². The molecule has 3 rings (SSSR count). The van der Waals surface area contributed by atoms with Crippen molar-refractivity contribution in [1.82, 2.24) is 0 Å². The van der Waals surface area contributed by atoms with Gasteiger partial charge in [-0.25, -0.2) is 8.42 Å². The van der Waals surface area contributed by atoms with E-state index in [9.17, 15) is 13.2 Å². The number of rotatable bonds is 6. The standard InChI is InChI=1S/C22H22N2O3S/c1-3-17-9-13-19(14-10-17)23-28(26,27)21-15-11-18(12-16-21)22(25)24(2)20-7-5-4-6-8-20/h4-16,23H,3H2,1-2H3. The van der Waals surface area contributed by atoms with Crippen molar-refractivity contribution in [3.05, 3.63) is 90.0 Å². The number of amides is 1. The van der Waals surface area contributed by atoms with Gasteiger partial charge in [-0.3, -0.25) is 9.52 Å². The Hall–Kier alpha value is -3.12. The molecule has 0 radical (unpaired) electrons. The van der Waals surface area contributed by atoms with Crippen LogP contribution in [0.15, 0.2) is 83.8 Å². The van der Waals surface area contributed by atoms with Gasteiger partial charge in [-0.15, -0.1) is 0 Å². The third kappa shape index (κ3) is 4.40. The number of carbonyl (C=O) groups excluding carboxylic acids is 1. The van der Waals surface area contributed by atoms with Gasteiger partial charge in [0.15, 0.2) is 0 Å². The Balaban J connectivity index is 1.76. The predicted molar refractivity (Wildman–Crippen MR) is 112 cm³/mol. The molecular formula is C22H22N2O3S. The fourth-order valence-corrected chi connectivity index (χ4v) is 3.82. The Bertz CT molecular complexity index is 1050. The smallest absolute Gasteiger partial charge is 0.261 e. The molecule has 0 aromatic heterocycles. The molecule has 0 saturated carbocycles. The Morgan fingerprint density at radius 1 is 0.893 bits per heavy atom. The number of hydrogen-bond donors (Lipinski definition) is 1. The van der Waals surface area contributed by atoms with Gasteiger partial charge in [-0.2, -0.15) is 0 Å². The lowest BCUT2D eigenvalue weighted by Gasteiger charge is -2.17. The summed E-state index contributed by atoms with van der Waals surface area (Å²) >= 11 is 0. The zero-order valence-electron chi connectivity index (χ0n) is 15.8. The van der Waals surface area contributed by atoms with Gasteiger partial charge < -0.3 is 4.90 Å². The van der Waals surface area contributed by atoms with Gasteiger partial charge in [-0.1, -0.05) is 37.3 Å². The van der Waals surface area contributed by atoms with Crippen LogP contribution >= 0.6 is 0 Å². The van der Waals surface area contributed by atoms with Crippen LogP contribution in [0.4, 0.5) is 11.4 Å². The maximum atomic E-state index is 12.6. The number of anilines is 2. The first-order valence-corrected chi connectivity index (χ1v) is 10.4. The second-order valence-corrected chi connectivity index (χ2v) is 8.06. The van der Waals surface area contributed by atoms with E-state index in [2.05, 4.69) is 4.72 Å². The van der Waals surface area contributed by atoms with Gasteiger partial charge >= 0.3 is 0 Å². The summed E-state index contributed by atoms with van der Waals surface area (Å²) in [5.41, 5.74) is 2.81. The number of benzene rings is 3. The quantitative estimate of drug-likeness (QED) is 0.677. The van der Waals surface area contributed by atoms with E-state index in [1.807, 2.05) is 49.4 Å². The molecule has 1 N–H and O–H groups in total. The maximum Gasteiger partial charge on any atom is 0.261 e. The van der Waals surface area contributed by atoms with Crippen LogP contribution in [0.5, 0.6) is 0 Å². The average Bonchev–Trinajstić information content (AvgIpc) is 2.73. The maximum absolute atomic E-state index is 12.6. The minimum absolute atomic E-state index is 0.103. The Morgan fingerprint density at radius 2 is 1.50 bits per heavy atom. The number of hydrogen-bond acceptors (Lipinski definition) is 3. The first-order chi connectivity index (χ1) is 13.4. The third-order valence-corrected chi connectivity index (χ3v) is 5.87. The normalized spacial score (nSPS) is 11.1. The molecular weight excluding hydrogens is 372 g/mol. The van der Waals surface area contributed by atoms with Gasteiger partial charge in [0, 0.05) is 24.0 Å². The predicted octanol–water partition coefficient (Wildman–Crippen LogP) is 4.33. The van der Waals surface area contributed by atoms with Gasteiger partial charge in [0.1, 0.15) is 0 Å². The van der Waals surface area contributed by atoms with Crippen molar-refractivity contribution in [2.45, 2.75) is 18.2 Å². The van der Waals surface area contributed by atoms with Crippen molar-refractivity contribution in [2.75, 3.05) is 16.7 Å². The van der Waals surface area contributed by atoms with Crippen molar-refractivity contribution in [2.24, 2.45) is 0 Å². The molecule has 0 heterocycles.